The summed E-state index contributed by atoms with van der Waals surface area (Å²) in [6.45, 7) is 3.19. The number of rotatable bonds is 4. The molecule has 9 heteroatoms. The Kier molecular flexibility index (Phi) is 4.78. The minimum absolute atomic E-state index is 0.0631. The van der Waals surface area contributed by atoms with Crippen LogP contribution in [0.5, 0.6) is 5.75 Å². The first-order chi connectivity index (χ1) is 13.4. The van der Waals surface area contributed by atoms with Crippen molar-refractivity contribution >= 4 is 16.0 Å². The van der Waals surface area contributed by atoms with E-state index >= 15 is 0 Å². The normalized spacial score (nSPS) is 15.7. The molecule has 4 rings (SSSR count). The average Bonchev–Trinajstić information content (AvgIpc) is 3.21. The number of nitrogens with zero attached hydrogens (tertiary/aromatic N) is 4. The molecule has 3 aromatic rings. The van der Waals surface area contributed by atoms with Gasteiger partial charge < -0.3 is 14.5 Å². The molecule has 1 aliphatic rings. The number of anilines is 1. The summed E-state index contributed by atoms with van der Waals surface area (Å²) in [6.07, 6.45) is 0. The zero-order valence-electron chi connectivity index (χ0n) is 15.3. The fourth-order valence-corrected chi connectivity index (χ4v) is 4.73. The SMILES string of the molecule is Cc1ccc(O)c(S(=O)(=O)N2CCN(c3noc(-c4ccccc4)n3)CC2)c1. The maximum atomic E-state index is 12.9. The number of hydrogen-bond acceptors (Lipinski definition) is 7. The Balaban J connectivity index is 1.48. The van der Waals surface area contributed by atoms with E-state index in [1.54, 1.807) is 13.0 Å². The van der Waals surface area contributed by atoms with Crippen molar-refractivity contribution in [2.24, 2.45) is 0 Å². The molecule has 146 valence electrons. The standard InChI is InChI=1S/C19H20N4O4S/c1-14-7-8-16(24)17(13-14)28(25,26)23-11-9-22(10-12-23)19-20-18(27-21-19)15-5-3-2-4-6-15/h2-8,13,24H,9-12H2,1H3. The van der Waals surface area contributed by atoms with Crippen LogP contribution in [-0.4, -0.2) is 54.1 Å². The average molecular weight is 400 g/mol. The van der Waals surface area contributed by atoms with E-state index in [9.17, 15) is 13.5 Å². The van der Waals surface area contributed by atoms with Gasteiger partial charge in [0.1, 0.15) is 10.6 Å². The molecule has 0 saturated carbocycles. The maximum absolute atomic E-state index is 12.9. The Morgan fingerprint density at radius 1 is 1.04 bits per heavy atom. The van der Waals surface area contributed by atoms with Crippen LogP contribution in [0.3, 0.4) is 0 Å². The van der Waals surface area contributed by atoms with Crippen LogP contribution in [0.15, 0.2) is 57.9 Å². The molecule has 1 N–H and O–H groups in total. The molecule has 1 aromatic heterocycles. The monoisotopic (exact) mass is 400 g/mol. The molecule has 0 spiro atoms. The molecule has 1 aliphatic heterocycles. The number of benzene rings is 2. The highest BCUT2D eigenvalue weighted by Gasteiger charge is 2.31. The Bertz CT molecular complexity index is 1070. The number of piperazine rings is 1. The maximum Gasteiger partial charge on any atom is 0.266 e. The van der Waals surface area contributed by atoms with Gasteiger partial charge in [0.25, 0.3) is 11.8 Å². The molecule has 0 radical (unpaired) electrons. The van der Waals surface area contributed by atoms with Gasteiger partial charge >= 0.3 is 0 Å². The molecule has 0 aliphatic carbocycles. The van der Waals surface area contributed by atoms with Gasteiger partial charge in [-0.15, -0.1) is 0 Å². The Morgan fingerprint density at radius 2 is 1.75 bits per heavy atom. The topological polar surface area (TPSA) is 99.8 Å². The van der Waals surface area contributed by atoms with E-state index in [-0.39, 0.29) is 23.7 Å². The summed E-state index contributed by atoms with van der Waals surface area (Å²) in [7, 11) is -3.77. The van der Waals surface area contributed by atoms with Crippen LogP contribution in [0.4, 0.5) is 5.95 Å². The third-order valence-corrected chi connectivity index (χ3v) is 6.62. The van der Waals surface area contributed by atoms with Gasteiger partial charge in [0, 0.05) is 31.7 Å². The number of hydrogen-bond donors (Lipinski definition) is 1. The zero-order chi connectivity index (χ0) is 19.7. The first-order valence-corrected chi connectivity index (χ1v) is 10.3. The minimum Gasteiger partial charge on any atom is -0.507 e. The van der Waals surface area contributed by atoms with Crippen molar-refractivity contribution in [1.82, 2.24) is 14.4 Å². The first-order valence-electron chi connectivity index (χ1n) is 8.89. The van der Waals surface area contributed by atoms with Gasteiger partial charge in [-0.25, -0.2) is 8.42 Å². The predicted molar refractivity (Wildman–Crippen MR) is 104 cm³/mol. The third kappa shape index (κ3) is 3.46. The van der Waals surface area contributed by atoms with E-state index in [1.807, 2.05) is 35.2 Å². The van der Waals surface area contributed by atoms with Crippen molar-refractivity contribution in [3.8, 4) is 17.2 Å². The molecule has 0 amide bonds. The van der Waals surface area contributed by atoms with Crippen LogP contribution in [0.1, 0.15) is 5.56 Å². The summed E-state index contributed by atoms with van der Waals surface area (Å²) in [5.74, 6) is 0.628. The van der Waals surface area contributed by atoms with Crippen molar-refractivity contribution in [3.63, 3.8) is 0 Å². The van der Waals surface area contributed by atoms with Crippen LogP contribution in [0.2, 0.25) is 0 Å². The van der Waals surface area contributed by atoms with Crippen molar-refractivity contribution in [1.29, 1.82) is 0 Å². The van der Waals surface area contributed by atoms with Crippen LogP contribution in [0.25, 0.3) is 11.5 Å². The van der Waals surface area contributed by atoms with Crippen LogP contribution in [-0.2, 0) is 10.0 Å². The number of aromatic hydroxyl groups is 1. The van der Waals surface area contributed by atoms with Gasteiger partial charge in [0.2, 0.25) is 10.0 Å². The Labute approximate surface area is 163 Å². The first kappa shape index (κ1) is 18.5. The summed E-state index contributed by atoms with van der Waals surface area (Å²) < 4.78 is 32.5. The summed E-state index contributed by atoms with van der Waals surface area (Å²) in [6, 6.07) is 14.0. The summed E-state index contributed by atoms with van der Waals surface area (Å²) in [5.41, 5.74) is 1.60. The van der Waals surface area contributed by atoms with E-state index in [0.29, 0.717) is 24.9 Å². The van der Waals surface area contributed by atoms with Crippen LogP contribution in [0, 0.1) is 6.92 Å². The van der Waals surface area contributed by atoms with Gasteiger partial charge in [0.15, 0.2) is 0 Å². The Morgan fingerprint density at radius 3 is 2.46 bits per heavy atom. The van der Waals surface area contributed by atoms with Gasteiger partial charge in [-0.05, 0) is 41.9 Å². The number of phenolic OH excluding ortho intramolecular Hbond substituents is 1. The molecular formula is C19H20N4O4S. The molecule has 2 aromatic carbocycles. The van der Waals surface area contributed by atoms with Crippen molar-refractivity contribution in [2.45, 2.75) is 11.8 Å². The van der Waals surface area contributed by atoms with Gasteiger partial charge in [-0.1, -0.05) is 24.3 Å². The summed E-state index contributed by atoms with van der Waals surface area (Å²) >= 11 is 0. The molecule has 28 heavy (non-hydrogen) atoms. The van der Waals surface area contributed by atoms with E-state index in [0.717, 1.165) is 11.1 Å². The van der Waals surface area contributed by atoms with E-state index in [1.165, 1.54) is 16.4 Å². The fourth-order valence-electron chi connectivity index (χ4n) is 3.14. The number of sulfonamides is 1. The van der Waals surface area contributed by atoms with E-state index in [4.69, 9.17) is 4.52 Å². The van der Waals surface area contributed by atoms with Gasteiger partial charge in [0.05, 0.1) is 0 Å². The Hall–Kier alpha value is -2.91. The molecule has 1 saturated heterocycles. The van der Waals surface area contributed by atoms with Crippen molar-refractivity contribution in [2.75, 3.05) is 31.1 Å². The number of phenols is 1. The van der Waals surface area contributed by atoms with Gasteiger partial charge in [-0.3, -0.25) is 0 Å². The van der Waals surface area contributed by atoms with Crippen molar-refractivity contribution in [3.05, 3.63) is 54.1 Å². The lowest BCUT2D eigenvalue weighted by Crippen LogP contribution is -2.49. The summed E-state index contributed by atoms with van der Waals surface area (Å²) in [5, 5.41) is 14.0. The highest BCUT2D eigenvalue weighted by Crippen LogP contribution is 2.28. The molecule has 0 unspecified atom stereocenters. The highest BCUT2D eigenvalue weighted by atomic mass is 32.2. The van der Waals surface area contributed by atoms with Gasteiger partial charge in [-0.2, -0.15) is 9.29 Å². The lowest BCUT2D eigenvalue weighted by molar-refractivity contribution is 0.373. The number of aryl methyl sites for hydroxylation is 1. The van der Waals surface area contributed by atoms with Crippen LogP contribution >= 0.6 is 0 Å². The lowest BCUT2D eigenvalue weighted by Gasteiger charge is -2.33. The molecular weight excluding hydrogens is 380 g/mol. The predicted octanol–water partition coefficient (Wildman–Crippen LogP) is 2.26. The molecule has 8 nitrogen and oxygen atoms in total. The fraction of sp³-hybridized carbons (Fsp3) is 0.263. The molecule has 2 heterocycles. The second-order valence-corrected chi connectivity index (χ2v) is 8.53. The van der Waals surface area contributed by atoms with Crippen molar-refractivity contribution < 1.29 is 18.0 Å². The second-order valence-electron chi connectivity index (χ2n) is 6.63. The van der Waals surface area contributed by atoms with E-state index < -0.39 is 10.0 Å². The summed E-state index contributed by atoms with van der Waals surface area (Å²) in [4.78, 5) is 6.24. The van der Waals surface area contributed by atoms with Crippen LogP contribution < -0.4 is 4.90 Å². The second kappa shape index (κ2) is 7.25. The molecule has 1 fully saturated rings. The molecule has 0 bridgehead atoms. The minimum atomic E-state index is -3.77. The largest absolute Gasteiger partial charge is 0.507 e. The zero-order valence-corrected chi connectivity index (χ0v) is 16.1. The number of aromatic nitrogens is 2. The quantitative estimate of drug-likeness (QED) is 0.717. The molecule has 0 atom stereocenters. The van der Waals surface area contributed by atoms with E-state index in [2.05, 4.69) is 10.1 Å². The highest BCUT2D eigenvalue weighted by molar-refractivity contribution is 7.89. The third-order valence-electron chi connectivity index (χ3n) is 4.69. The lowest BCUT2D eigenvalue weighted by atomic mass is 10.2. The smallest absolute Gasteiger partial charge is 0.266 e.